The number of carbonyl (C=O) groups excluding carboxylic acids is 2. The zero-order valence-corrected chi connectivity index (χ0v) is 19.3. The number of amides is 1. The molecule has 2 aliphatic rings. The van der Waals surface area contributed by atoms with Gasteiger partial charge in [0, 0.05) is 5.69 Å². The summed E-state index contributed by atoms with van der Waals surface area (Å²) in [7, 11) is 1.33. The van der Waals surface area contributed by atoms with Crippen LogP contribution >= 0.6 is 23.5 Å². The van der Waals surface area contributed by atoms with Crippen molar-refractivity contribution in [2.75, 3.05) is 17.0 Å². The Morgan fingerprint density at radius 1 is 0.879 bits per heavy atom. The van der Waals surface area contributed by atoms with Crippen LogP contribution in [0, 0.1) is 0 Å². The minimum Gasteiger partial charge on any atom is -0.464 e. The van der Waals surface area contributed by atoms with Gasteiger partial charge in [0.15, 0.2) is 0 Å². The molecular weight excluding hydrogens is 454 g/mol. The lowest BCUT2D eigenvalue weighted by Crippen LogP contribution is -2.51. The molecule has 164 valence electrons. The molecule has 0 saturated carbocycles. The van der Waals surface area contributed by atoms with Crippen LogP contribution in [0.2, 0.25) is 0 Å². The van der Waals surface area contributed by atoms with Crippen molar-refractivity contribution in [1.29, 1.82) is 0 Å². The maximum absolute atomic E-state index is 13.8. The number of para-hydroxylation sites is 2. The van der Waals surface area contributed by atoms with Crippen molar-refractivity contribution in [1.82, 2.24) is 0 Å². The van der Waals surface area contributed by atoms with E-state index in [9.17, 15) is 9.59 Å². The summed E-state index contributed by atoms with van der Waals surface area (Å²) >= 11 is 2.57. The molecular formula is C25H19N3O3S2. The van der Waals surface area contributed by atoms with E-state index < -0.39 is 10.3 Å². The normalized spacial score (nSPS) is 21.1. The van der Waals surface area contributed by atoms with Gasteiger partial charge in [0.2, 0.25) is 9.37 Å². The van der Waals surface area contributed by atoms with Gasteiger partial charge in [-0.3, -0.25) is 9.69 Å². The maximum Gasteiger partial charge on any atom is 0.365 e. The number of ether oxygens (including phenoxy) is 1. The van der Waals surface area contributed by atoms with Gasteiger partial charge in [-0.15, -0.1) is 0 Å². The summed E-state index contributed by atoms with van der Waals surface area (Å²) in [4.78, 5) is 28.6. The quantitative estimate of drug-likeness (QED) is 0.385. The summed E-state index contributed by atoms with van der Waals surface area (Å²) in [6.07, 6.45) is 1.87. The number of nitrogens with zero attached hydrogens (tertiary/aromatic N) is 3. The van der Waals surface area contributed by atoms with Crippen molar-refractivity contribution in [3.05, 3.63) is 101 Å². The molecule has 0 aromatic heterocycles. The molecule has 1 saturated heterocycles. The van der Waals surface area contributed by atoms with Crippen molar-refractivity contribution in [3.8, 4) is 0 Å². The second kappa shape index (κ2) is 8.80. The van der Waals surface area contributed by atoms with E-state index in [4.69, 9.17) is 4.74 Å². The van der Waals surface area contributed by atoms with Crippen molar-refractivity contribution in [2.24, 2.45) is 5.10 Å². The summed E-state index contributed by atoms with van der Waals surface area (Å²) in [5.41, 5.74) is 2.38. The largest absolute Gasteiger partial charge is 0.464 e. The number of benzene rings is 3. The first-order valence-electron chi connectivity index (χ1n) is 10.2. The number of anilines is 2. The third kappa shape index (κ3) is 3.81. The first kappa shape index (κ1) is 21.4. The van der Waals surface area contributed by atoms with Crippen molar-refractivity contribution in [2.45, 2.75) is 4.33 Å². The van der Waals surface area contributed by atoms with Gasteiger partial charge in [-0.05, 0) is 47.7 Å². The van der Waals surface area contributed by atoms with E-state index in [0.29, 0.717) is 10.6 Å². The van der Waals surface area contributed by atoms with Gasteiger partial charge < -0.3 is 4.74 Å². The number of thioether (sulfide) groups is 2. The summed E-state index contributed by atoms with van der Waals surface area (Å²) in [5.74, 6) is -0.704. The number of hydrogen-bond acceptors (Lipinski definition) is 7. The fourth-order valence-corrected chi connectivity index (χ4v) is 6.53. The van der Waals surface area contributed by atoms with E-state index in [2.05, 4.69) is 5.10 Å². The van der Waals surface area contributed by atoms with Crippen molar-refractivity contribution in [3.63, 3.8) is 0 Å². The van der Waals surface area contributed by atoms with E-state index in [-0.39, 0.29) is 11.0 Å². The molecule has 0 unspecified atom stereocenters. The minimum absolute atomic E-state index is 0.162. The zero-order chi connectivity index (χ0) is 22.8. The second-order valence-corrected chi connectivity index (χ2v) is 9.82. The first-order valence-corrected chi connectivity index (χ1v) is 11.8. The van der Waals surface area contributed by atoms with E-state index in [1.807, 2.05) is 97.1 Å². The van der Waals surface area contributed by atoms with Crippen LogP contribution in [0.15, 0.2) is 101 Å². The van der Waals surface area contributed by atoms with E-state index in [1.165, 1.54) is 30.6 Å². The first-order chi connectivity index (χ1) is 16.1. The fraction of sp³-hybridized carbons (Fsp3) is 0.0800. The van der Waals surface area contributed by atoms with Crippen molar-refractivity contribution >= 4 is 57.9 Å². The van der Waals surface area contributed by atoms with Crippen LogP contribution in [0.3, 0.4) is 0 Å². The Hall–Kier alpha value is -3.49. The highest BCUT2D eigenvalue weighted by atomic mass is 32.2. The Labute approximate surface area is 199 Å². The van der Waals surface area contributed by atoms with Gasteiger partial charge in [0.25, 0.3) is 5.91 Å². The third-order valence-corrected chi connectivity index (χ3v) is 7.80. The lowest BCUT2D eigenvalue weighted by Gasteiger charge is -2.38. The Balaban J connectivity index is 1.68. The second-order valence-electron chi connectivity index (χ2n) is 7.19. The lowest BCUT2D eigenvalue weighted by molar-refractivity contribution is -0.132. The molecule has 0 radical (unpaired) electrons. The van der Waals surface area contributed by atoms with Crippen LogP contribution in [0.25, 0.3) is 6.08 Å². The highest BCUT2D eigenvalue weighted by molar-refractivity contribution is 8.29. The van der Waals surface area contributed by atoms with Gasteiger partial charge in [-0.1, -0.05) is 78.5 Å². The molecule has 8 heteroatoms. The zero-order valence-electron chi connectivity index (χ0n) is 17.6. The molecule has 1 spiro atoms. The smallest absolute Gasteiger partial charge is 0.365 e. The topological polar surface area (TPSA) is 62.2 Å². The Bertz CT molecular complexity index is 1250. The Kier molecular flexibility index (Phi) is 5.70. The predicted molar refractivity (Wildman–Crippen MR) is 135 cm³/mol. The standard InChI is InChI=1S/C25H19N3O3S2/c1-31-24(30)22-26-28(20-15-9-4-10-16-20)25(33-22)27(19-13-7-3-8-14-19)23(29)21(32-25)17-18-11-5-2-6-12-18/h2-17H,1H3/b21-17+/t25-/m0/s1. The molecule has 1 atom stereocenters. The molecule has 2 heterocycles. The molecule has 3 aromatic carbocycles. The van der Waals surface area contributed by atoms with Gasteiger partial charge >= 0.3 is 5.97 Å². The molecule has 3 aromatic rings. The van der Waals surface area contributed by atoms with Crippen LogP contribution in [0.1, 0.15) is 5.56 Å². The van der Waals surface area contributed by atoms with Gasteiger partial charge in [-0.2, -0.15) is 5.10 Å². The Morgan fingerprint density at radius 2 is 1.45 bits per heavy atom. The molecule has 2 aliphatic heterocycles. The summed E-state index contributed by atoms with van der Waals surface area (Å²) < 4.78 is 3.90. The highest BCUT2D eigenvalue weighted by Crippen LogP contribution is 2.59. The van der Waals surface area contributed by atoms with Crippen LogP contribution in [0.5, 0.6) is 0 Å². The molecule has 1 fully saturated rings. The van der Waals surface area contributed by atoms with Crippen molar-refractivity contribution < 1.29 is 14.3 Å². The molecule has 0 aliphatic carbocycles. The molecule has 5 rings (SSSR count). The number of rotatable bonds is 4. The number of esters is 1. The molecule has 1 amide bonds. The van der Waals surface area contributed by atoms with E-state index in [1.54, 1.807) is 9.91 Å². The SMILES string of the molecule is COC(=O)C1=NN(c2ccccc2)[C@]2(S1)S/C(=C/c1ccccc1)C(=O)N2c1ccccc1. The number of carbonyl (C=O) groups is 2. The molecule has 33 heavy (non-hydrogen) atoms. The highest BCUT2D eigenvalue weighted by Gasteiger charge is 2.60. The molecule has 0 N–H and O–H groups in total. The monoisotopic (exact) mass is 473 g/mol. The summed E-state index contributed by atoms with van der Waals surface area (Å²) in [6, 6.07) is 28.6. The third-order valence-electron chi connectivity index (χ3n) is 5.10. The lowest BCUT2D eigenvalue weighted by atomic mass is 10.2. The minimum atomic E-state index is -1.07. The summed E-state index contributed by atoms with van der Waals surface area (Å²) in [5, 5.41) is 6.52. The maximum atomic E-state index is 13.8. The van der Waals surface area contributed by atoms with Crippen LogP contribution in [-0.2, 0) is 14.3 Å². The van der Waals surface area contributed by atoms with Crippen LogP contribution < -0.4 is 9.91 Å². The molecule has 0 bridgehead atoms. The number of methoxy groups -OCH3 is 1. The average molecular weight is 474 g/mol. The van der Waals surface area contributed by atoms with E-state index >= 15 is 0 Å². The average Bonchev–Trinajstić information content (AvgIpc) is 3.37. The number of hydrazone groups is 1. The fourth-order valence-electron chi connectivity index (χ4n) is 3.63. The van der Waals surface area contributed by atoms with E-state index in [0.717, 1.165) is 11.3 Å². The predicted octanol–water partition coefficient (Wildman–Crippen LogP) is 5.16. The van der Waals surface area contributed by atoms with Crippen LogP contribution in [0.4, 0.5) is 11.4 Å². The van der Waals surface area contributed by atoms with Gasteiger partial charge in [0.1, 0.15) is 0 Å². The van der Waals surface area contributed by atoms with Gasteiger partial charge in [-0.25, -0.2) is 9.80 Å². The van der Waals surface area contributed by atoms with Gasteiger partial charge in [0.05, 0.1) is 17.7 Å². The Morgan fingerprint density at radius 3 is 2.06 bits per heavy atom. The van der Waals surface area contributed by atoms with Crippen LogP contribution in [-0.4, -0.2) is 28.4 Å². The molecule has 6 nitrogen and oxygen atoms in total. The summed E-state index contributed by atoms with van der Waals surface area (Å²) in [6.45, 7) is 0. The number of hydrogen-bond donors (Lipinski definition) is 0.